The Labute approximate surface area is 95.0 Å². The number of carbonyl (C=O) groups is 1. The number of hydrogen-bond donors (Lipinski definition) is 5. The number of aromatic nitrogens is 4. The van der Waals surface area contributed by atoms with Crippen LogP contribution >= 0.6 is 11.8 Å². The molecule has 1 aromatic heterocycles. The first-order valence-electron chi connectivity index (χ1n) is 4.29. The Morgan fingerprint density at radius 3 is 2.88 bits per heavy atom. The lowest BCUT2D eigenvalue weighted by atomic mass is 10.3. The highest BCUT2D eigenvalue weighted by Crippen LogP contribution is 2.01. The van der Waals surface area contributed by atoms with E-state index in [-0.39, 0.29) is 5.95 Å². The van der Waals surface area contributed by atoms with Crippen molar-refractivity contribution in [2.24, 2.45) is 0 Å². The molecule has 1 aromatic rings. The number of aliphatic hydroxyl groups is 2. The van der Waals surface area contributed by atoms with Crippen molar-refractivity contribution < 1.29 is 15.0 Å². The Hall–Kier alpha value is -1.39. The average molecular weight is 248 g/mol. The summed E-state index contributed by atoms with van der Waals surface area (Å²) in [6.07, 6.45) is 0.164. The van der Waals surface area contributed by atoms with Crippen molar-refractivity contribution in [2.45, 2.75) is 12.3 Å². The number of rotatable bonds is 5. The van der Waals surface area contributed by atoms with Crippen LogP contribution in [-0.4, -0.2) is 61.2 Å². The molecule has 0 aliphatic rings. The number of H-pyrrole nitrogens is 1. The Bertz CT molecular complexity index is 318. The van der Waals surface area contributed by atoms with Gasteiger partial charge in [-0.1, -0.05) is 5.10 Å². The highest BCUT2D eigenvalue weighted by atomic mass is 32.2. The number of anilines is 1. The third-order valence-electron chi connectivity index (χ3n) is 1.59. The molecule has 2 amide bonds. The minimum atomic E-state index is -1.62. The van der Waals surface area contributed by atoms with Gasteiger partial charge in [0.2, 0.25) is 0 Å². The van der Waals surface area contributed by atoms with Crippen molar-refractivity contribution in [3.63, 3.8) is 0 Å². The summed E-state index contributed by atoms with van der Waals surface area (Å²) < 4.78 is 0. The molecule has 0 aliphatic carbocycles. The fraction of sp³-hybridized carbons (Fsp3) is 0.667. The van der Waals surface area contributed by atoms with Crippen LogP contribution in [-0.2, 0) is 0 Å². The zero-order chi connectivity index (χ0) is 12.0. The summed E-state index contributed by atoms with van der Waals surface area (Å²) in [6, 6.07) is -1.39. The standard InChI is InChI=1S/C6H12N6O3S/c1-16-2-3(4(13)14)7-6(15)8-5-9-11-12-10-5/h3-4,13-14H,2H2,1H3,(H3,7,8,9,10,11,12,15). The summed E-state index contributed by atoms with van der Waals surface area (Å²) in [5, 5.41) is 35.0. The van der Waals surface area contributed by atoms with E-state index in [0.29, 0.717) is 5.75 Å². The molecule has 0 fully saturated rings. The summed E-state index contributed by atoms with van der Waals surface area (Å²) in [4.78, 5) is 11.3. The maximum absolute atomic E-state index is 11.3. The topological polar surface area (TPSA) is 136 Å². The van der Waals surface area contributed by atoms with Gasteiger partial charge in [-0.25, -0.2) is 4.79 Å². The van der Waals surface area contributed by atoms with E-state index >= 15 is 0 Å². The number of carbonyl (C=O) groups excluding carboxylic acids is 1. The van der Waals surface area contributed by atoms with E-state index in [2.05, 4.69) is 31.3 Å². The lowest BCUT2D eigenvalue weighted by Crippen LogP contribution is -2.46. The van der Waals surface area contributed by atoms with Crippen molar-refractivity contribution in [3.8, 4) is 0 Å². The summed E-state index contributed by atoms with van der Waals surface area (Å²) in [5.41, 5.74) is 0. The van der Waals surface area contributed by atoms with E-state index in [4.69, 9.17) is 10.2 Å². The number of tetrazole rings is 1. The molecule has 1 atom stereocenters. The van der Waals surface area contributed by atoms with E-state index in [0.717, 1.165) is 0 Å². The van der Waals surface area contributed by atoms with Crippen LogP contribution < -0.4 is 10.6 Å². The van der Waals surface area contributed by atoms with Gasteiger partial charge in [0.1, 0.15) is 0 Å². The van der Waals surface area contributed by atoms with Crippen molar-refractivity contribution in [2.75, 3.05) is 17.3 Å². The number of aromatic amines is 1. The van der Waals surface area contributed by atoms with Gasteiger partial charge in [0.15, 0.2) is 6.29 Å². The zero-order valence-corrected chi connectivity index (χ0v) is 9.23. The molecule has 0 saturated carbocycles. The van der Waals surface area contributed by atoms with Crippen LogP contribution in [0.1, 0.15) is 0 Å². The second-order valence-corrected chi connectivity index (χ2v) is 3.72. The van der Waals surface area contributed by atoms with Gasteiger partial charge < -0.3 is 15.5 Å². The SMILES string of the molecule is CSCC(NC(=O)Nc1nn[nH]n1)C(O)O. The van der Waals surface area contributed by atoms with Crippen molar-refractivity contribution >= 4 is 23.7 Å². The lowest BCUT2D eigenvalue weighted by molar-refractivity contribution is -0.0582. The van der Waals surface area contributed by atoms with Crippen LogP contribution in [0.4, 0.5) is 10.7 Å². The third-order valence-corrected chi connectivity index (χ3v) is 2.29. The number of hydrogen-bond acceptors (Lipinski definition) is 7. The molecule has 5 N–H and O–H groups in total. The molecule has 90 valence electrons. The molecule has 1 heterocycles. The third kappa shape index (κ3) is 4.00. The lowest BCUT2D eigenvalue weighted by Gasteiger charge is -2.18. The number of urea groups is 1. The first-order valence-corrected chi connectivity index (χ1v) is 5.69. The monoisotopic (exact) mass is 248 g/mol. The van der Waals surface area contributed by atoms with E-state index in [1.54, 1.807) is 6.26 Å². The van der Waals surface area contributed by atoms with Crippen LogP contribution in [0.25, 0.3) is 0 Å². The summed E-state index contributed by atoms with van der Waals surface area (Å²) >= 11 is 1.38. The van der Waals surface area contributed by atoms with E-state index < -0.39 is 18.4 Å². The van der Waals surface area contributed by atoms with Crippen molar-refractivity contribution in [1.29, 1.82) is 0 Å². The van der Waals surface area contributed by atoms with Gasteiger partial charge in [0, 0.05) is 5.75 Å². The summed E-state index contributed by atoms with van der Waals surface area (Å²) in [6.45, 7) is 0. The van der Waals surface area contributed by atoms with E-state index in [1.807, 2.05) is 0 Å². The fourth-order valence-electron chi connectivity index (χ4n) is 0.903. The van der Waals surface area contributed by atoms with Crippen LogP contribution in [0.5, 0.6) is 0 Å². The number of thioether (sulfide) groups is 1. The van der Waals surface area contributed by atoms with Crippen molar-refractivity contribution in [3.05, 3.63) is 0 Å². The van der Waals surface area contributed by atoms with E-state index in [9.17, 15) is 4.79 Å². The highest BCUT2D eigenvalue weighted by molar-refractivity contribution is 7.98. The van der Waals surface area contributed by atoms with Crippen LogP contribution in [0.2, 0.25) is 0 Å². The van der Waals surface area contributed by atoms with Crippen LogP contribution in [0.15, 0.2) is 0 Å². The van der Waals surface area contributed by atoms with Crippen LogP contribution in [0.3, 0.4) is 0 Å². The molecule has 0 bridgehead atoms. The van der Waals surface area contributed by atoms with Gasteiger partial charge in [-0.3, -0.25) is 5.32 Å². The molecule has 1 unspecified atom stereocenters. The number of amides is 2. The average Bonchev–Trinajstić information content (AvgIpc) is 2.69. The molecule has 1 rings (SSSR count). The Morgan fingerprint density at radius 2 is 2.38 bits per heavy atom. The van der Waals surface area contributed by atoms with Crippen LogP contribution in [0, 0.1) is 0 Å². The number of nitrogens with one attached hydrogen (secondary N) is 3. The minimum Gasteiger partial charge on any atom is -0.366 e. The molecule has 0 saturated heterocycles. The Kier molecular flexibility index (Phi) is 4.95. The molecule has 16 heavy (non-hydrogen) atoms. The van der Waals surface area contributed by atoms with Gasteiger partial charge >= 0.3 is 6.03 Å². The van der Waals surface area contributed by atoms with Gasteiger partial charge in [-0.2, -0.15) is 17.0 Å². The molecular weight excluding hydrogens is 236 g/mol. The second-order valence-electron chi connectivity index (χ2n) is 2.81. The van der Waals surface area contributed by atoms with Gasteiger partial charge in [0.05, 0.1) is 6.04 Å². The Morgan fingerprint density at radius 1 is 1.62 bits per heavy atom. The highest BCUT2D eigenvalue weighted by Gasteiger charge is 2.19. The van der Waals surface area contributed by atoms with Crippen molar-refractivity contribution in [1.82, 2.24) is 25.9 Å². The van der Waals surface area contributed by atoms with E-state index in [1.165, 1.54) is 11.8 Å². The van der Waals surface area contributed by atoms with Gasteiger partial charge in [0.25, 0.3) is 5.95 Å². The smallest absolute Gasteiger partial charge is 0.322 e. The maximum Gasteiger partial charge on any atom is 0.322 e. The molecule has 0 aliphatic heterocycles. The minimum absolute atomic E-state index is 0.00725. The second kappa shape index (κ2) is 6.25. The first-order chi connectivity index (χ1) is 7.63. The van der Waals surface area contributed by atoms with Gasteiger partial charge in [-0.05, 0) is 11.5 Å². The Balaban J connectivity index is 2.42. The predicted octanol–water partition coefficient (Wildman–Crippen LogP) is -1.64. The summed E-state index contributed by atoms with van der Waals surface area (Å²) in [5.74, 6) is 0.380. The predicted molar refractivity (Wildman–Crippen MR) is 56.7 cm³/mol. The summed E-state index contributed by atoms with van der Waals surface area (Å²) in [7, 11) is 0. The number of nitrogens with zero attached hydrogens (tertiary/aromatic N) is 3. The first kappa shape index (κ1) is 12.7. The molecule has 0 spiro atoms. The molecule has 10 heteroatoms. The molecule has 9 nitrogen and oxygen atoms in total. The maximum atomic E-state index is 11.3. The van der Waals surface area contributed by atoms with Gasteiger partial charge in [-0.15, -0.1) is 5.10 Å². The molecule has 0 radical (unpaired) electrons. The quantitative estimate of drug-likeness (QED) is 0.394. The largest absolute Gasteiger partial charge is 0.366 e. The fourth-order valence-corrected chi connectivity index (χ4v) is 1.52. The molecule has 0 aromatic carbocycles. The molecular formula is C6H12N6O3S. The zero-order valence-electron chi connectivity index (χ0n) is 8.41. The normalized spacial score (nSPS) is 12.5. The number of aliphatic hydroxyl groups excluding tert-OH is 1.